The number of hydrogen-bond donors (Lipinski definition) is 0. The number of rotatable bonds is 2. The van der Waals surface area contributed by atoms with E-state index < -0.39 is 0 Å². The minimum Gasteiger partial charge on any atom is -0.120 e. The van der Waals surface area contributed by atoms with Gasteiger partial charge >= 0.3 is 0 Å². The van der Waals surface area contributed by atoms with Gasteiger partial charge < -0.3 is 0 Å². The van der Waals surface area contributed by atoms with Crippen molar-refractivity contribution in [2.45, 2.75) is 6.42 Å². The van der Waals surface area contributed by atoms with Crippen molar-refractivity contribution in [2.75, 3.05) is 0 Å². The Bertz CT molecular complexity index is 501. The highest BCUT2D eigenvalue weighted by molar-refractivity contribution is 6.30. The summed E-state index contributed by atoms with van der Waals surface area (Å²) in [4.78, 5) is 0. The van der Waals surface area contributed by atoms with Crippen LogP contribution in [-0.4, -0.2) is 0 Å². The summed E-state index contributed by atoms with van der Waals surface area (Å²) in [5, 5.41) is 0.757. The van der Waals surface area contributed by atoms with Gasteiger partial charge in [0.05, 0.1) is 0 Å². The smallest absolute Gasteiger partial charge is 0.0406 e. The second-order valence-electron chi connectivity index (χ2n) is 3.58. The second-order valence-corrected chi connectivity index (χ2v) is 4.02. The van der Waals surface area contributed by atoms with Gasteiger partial charge in [-0.1, -0.05) is 48.0 Å². The van der Waals surface area contributed by atoms with Crippen LogP contribution in [0.3, 0.4) is 0 Å². The van der Waals surface area contributed by atoms with Crippen molar-refractivity contribution in [2.24, 2.45) is 0 Å². The molecule has 0 aliphatic heterocycles. The van der Waals surface area contributed by atoms with Crippen molar-refractivity contribution in [1.82, 2.24) is 0 Å². The van der Waals surface area contributed by atoms with Crippen molar-refractivity contribution >= 4 is 11.6 Å². The lowest BCUT2D eigenvalue weighted by molar-refractivity contribution is 1.32. The van der Waals surface area contributed by atoms with E-state index in [2.05, 4.69) is 30.2 Å². The third-order valence-corrected chi connectivity index (χ3v) is 2.69. The normalized spacial score (nSPS) is 9.75. The van der Waals surface area contributed by atoms with Crippen LogP contribution >= 0.6 is 11.6 Å². The van der Waals surface area contributed by atoms with Crippen molar-refractivity contribution < 1.29 is 0 Å². The molecule has 0 aliphatic rings. The first kappa shape index (κ1) is 10.8. The fourth-order valence-electron chi connectivity index (χ4n) is 1.58. The fraction of sp³-hybridized carbons (Fsp3) is 0.0667. The largest absolute Gasteiger partial charge is 0.120 e. The second kappa shape index (κ2) is 4.88. The highest BCUT2D eigenvalue weighted by Crippen LogP contribution is 2.21. The van der Waals surface area contributed by atoms with Crippen LogP contribution in [0, 0.1) is 12.3 Å². The summed E-state index contributed by atoms with van der Waals surface area (Å²) in [5.41, 5.74) is 3.51. The molecule has 0 atom stereocenters. The van der Waals surface area contributed by atoms with Crippen molar-refractivity contribution in [3.8, 4) is 23.5 Å². The van der Waals surface area contributed by atoms with Gasteiger partial charge in [-0.25, -0.2) is 0 Å². The molecular weight excluding hydrogens is 216 g/mol. The Labute approximate surface area is 101 Å². The molecule has 1 heteroatoms. The van der Waals surface area contributed by atoms with Gasteiger partial charge in [-0.15, -0.1) is 12.3 Å². The molecule has 0 heterocycles. The maximum absolute atomic E-state index is 5.84. The predicted octanol–water partition coefficient (Wildman–Crippen LogP) is 4.18. The number of halogens is 1. The van der Waals surface area contributed by atoms with Crippen LogP contribution in [0.5, 0.6) is 0 Å². The van der Waals surface area contributed by atoms with Crippen LogP contribution in [0.25, 0.3) is 11.1 Å². The van der Waals surface area contributed by atoms with Crippen LogP contribution in [0.1, 0.15) is 5.56 Å². The summed E-state index contributed by atoms with van der Waals surface area (Å²) < 4.78 is 0. The third-order valence-electron chi connectivity index (χ3n) is 2.44. The van der Waals surface area contributed by atoms with E-state index in [-0.39, 0.29) is 0 Å². The van der Waals surface area contributed by atoms with Gasteiger partial charge in [-0.05, 0) is 28.8 Å². The number of benzene rings is 2. The Morgan fingerprint density at radius 2 is 1.38 bits per heavy atom. The molecule has 2 rings (SSSR count). The first-order valence-electron chi connectivity index (χ1n) is 5.08. The molecular formula is C15H11Cl. The monoisotopic (exact) mass is 226 g/mol. The molecule has 78 valence electrons. The Morgan fingerprint density at radius 3 is 1.88 bits per heavy atom. The van der Waals surface area contributed by atoms with Crippen molar-refractivity contribution in [1.29, 1.82) is 0 Å². The first-order valence-corrected chi connectivity index (χ1v) is 5.46. The van der Waals surface area contributed by atoms with Crippen LogP contribution in [0.2, 0.25) is 5.02 Å². The quantitative estimate of drug-likeness (QED) is 0.674. The molecule has 16 heavy (non-hydrogen) atoms. The molecule has 0 aromatic heterocycles. The zero-order valence-electron chi connectivity index (χ0n) is 8.78. The standard InChI is InChI=1S/C15H11Cl/c1-2-3-12-4-6-13(7-5-12)14-8-10-15(16)11-9-14/h1,4-11H,3H2. The lowest BCUT2D eigenvalue weighted by Gasteiger charge is -2.02. The summed E-state index contributed by atoms with van der Waals surface area (Å²) in [6.45, 7) is 0. The van der Waals surface area contributed by atoms with Gasteiger partial charge in [0, 0.05) is 11.4 Å². The number of hydrogen-bond acceptors (Lipinski definition) is 0. The molecule has 0 aliphatic carbocycles. The zero-order chi connectivity index (χ0) is 11.4. The average Bonchev–Trinajstić information content (AvgIpc) is 2.32. The third kappa shape index (κ3) is 2.45. The minimum atomic E-state index is 0.681. The number of terminal acetylenes is 1. The van der Waals surface area contributed by atoms with Gasteiger partial charge in [-0.3, -0.25) is 0 Å². The summed E-state index contributed by atoms with van der Waals surface area (Å²) in [7, 11) is 0. The summed E-state index contributed by atoms with van der Waals surface area (Å²) in [5.74, 6) is 2.63. The van der Waals surface area contributed by atoms with E-state index in [0.29, 0.717) is 6.42 Å². The molecule has 0 fully saturated rings. The maximum atomic E-state index is 5.84. The SMILES string of the molecule is C#CCc1ccc(-c2ccc(Cl)cc2)cc1. The molecule has 0 N–H and O–H groups in total. The summed E-state index contributed by atoms with van der Waals surface area (Å²) in [6.07, 6.45) is 5.94. The van der Waals surface area contributed by atoms with Gasteiger partial charge in [-0.2, -0.15) is 0 Å². The van der Waals surface area contributed by atoms with Crippen LogP contribution in [0.4, 0.5) is 0 Å². The van der Waals surface area contributed by atoms with Gasteiger partial charge in [0.2, 0.25) is 0 Å². The Balaban J connectivity index is 2.28. The minimum absolute atomic E-state index is 0.681. The van der Waals surface area contributed by atoms with Gasteiger partial charge in [0.25, 0.3) is 0 Å². The molecule has 0 saturated heterocycles. The van der Waals surface area contributed by atoms with E-state index in [1.807, 2.05) is 24.3 Å². The van der Waals surface area contributed by atoms with Crippen molar-refractivity contribution in [3.63, 3.8) is 0 Å². The van der Waals surface area contributed by atoms with E-state index in [4.69, 9.17) is 18.0 Å². The predicted molar refractivity (Wildman–Crippen MR) is 69.4 cm³/mol. The van der Waals surface area contributed by atoms with Crippen LogP contribution < -0.4 is 0 Å². The zero-order valence-corrected chi connectivity index (χ0v) is 9.54. The molecule has 0 amide bonds. The first-order chi connectivity index (χ1) is 7.79. The highest BCUT2D eigenvalue weighted by atomic mass is 35.5. The molecule has 0 saturated carbocycles. The van der Waals surface area contributed by atoms with E-state index >= 15 is 0 Å². The van der Waals surface area contributed by atoms with Crippen molar-refractivity contribution in [3.05, 3.63) is 59.1 Å². The van der Waals surface area contributed by atoms with E-state index in [1.165, 1.54) is 11.1 Å². The molecule has 2 aromatic rings. The molecule has 0 spiro atoms. The van der Waals surface area contributed by atoms with E-state index in [0.717, 1.165) is 10.6 Å². The van der Waals surface area contributed by atoms with E-state index in [1.54, 1.807) is 0 Å². The summed E-state index contributed by atoms with van der Waals surface area (Å²) in [6, 6.07) is 16.1. The van der Waals surface area contributed by atoms with Gasteiger partial charge in [0.1, 0.15) is 0 Å². The molecule has 0 radical (unpaired) electrons. The maximum Gasteiger partial charge on any atom is 0.0406 e. The van der Waals surface area contributed by atoms with Crippen LogP contribution in [-0.2, 0) is 6.42 Å². The highest BCUT2D eigenvalue weighted by Gasteiger charge is 1.97. The Morgan fingerprint density at radius 1 is 0.875 bits per heavy atom. The molecule has 0 nitrogen and oxygen atoms in total. The molecule has 0 bridgehead atoms. The van der Waals surface area contributed by atoms with E-state index in [9.17, 15) is 0 Å². The molecule has 0 unspecified atom stereocenters. The topological polar surface area (TPSA) is 0 Å². The fourth-order valence-corrected chi connectivity index (χ4v) is 1.70. The lowest BCUT2D eigenvalue weighted by Crippen LogP contribution is -1.82. The van der Waals surface area contributed by atoms with Crippen LogP contribution in [0.15, 0.2) is 48.5 Å². The average molecular weight is 227 g/mol. The molecule has 2 aromatic carbocycles. The summed E-state index contributed by atoms with van der Waals surface area (Å²) >= 11 is 5.84. The Kier molecular flexibility index (Phi) is 3.29. The Hall–Kier alpha value is -1.71. The van der Waals surface area contributed by atoms with Gasteiger partial charge in [0.15, 0.2) is 0 Å². The lowest BCUT2D eigenvalue weighted by atomic mass is 10.0.